The highest BCUT2D eigenvalue weighted by atomic mass is 32.2. The van der Waals surface area contributed by atoms with Crippen molar-refractivity contribution in [2.75, 3.05) is 13.1 Å². The number of thiophene rings is 1. The van der Waals surface area contributed by atoms with Crippen molar-refractivity contribution in [1.29, 1.82) is 0 Å². The van der Waals surface area contributed by atoms with Gasteiger partial charge in [0.25, 0.3) is 10.0 Å². The summed E-state index contributed by atoms with van der Waals surface area (Å²) in [5.74, 6) is 0.00772. The van der Waals surface area contributed by atoms with Crippen LogP contribution in [0.4, 0.5) is 0 Å². The van der Waals surface area contributed by atoms with Crippen molar-refractivity contribution in [3.8, 4) is 0 Å². The molecule has 2 rings (SSSR count). The van der Waals surface area contributed by atoms with E-state index in [1.54, 1.807) is 19.9 Å². The second kappa shape index (κ2) is 4.59. The summed E-state index contributed by atoms with van der Waals surface area (Å²) in [7, 11) is -3.37. The van der Waals surface area contributed by atoms with Crippen LogP contribution in [-0.2, 0) is 10.0 Å². The molecule has 1 atom stereocenters. The van der Waals surface area contributed by atoms with Gasteiger partial charge in [0.1, 0.15) is 4.21 Å². The zero-order valence-electron chi connectivity index (χ0n) is 10.9. The summed E-state index contributed by atoms with van der Waals surface area (Å²) in [6, 6.07) is 1.71. The summed E-state index contributed by atoms with van der Waals surface area (Å²) in [5, 5.41) is 11.8. The predicted octanol–water partition coefficient (Wildman–Crippen LogP) is 1.84. The second-order valence-electron chi connectivity index (χ2n) is 5.45. The van der Waals surface area contributed by atoms with Gasteiger partial charge in [0.15, 0.2) is 0 Å². The Morgan fingerprint density at radius 1 is 1.50 bits per heavy atom. The molecule has 1 unspecified atom stereocenters. The summed E-state index contributed by atoms with van der Waals surface area (Å²) in [6.07, 6.45) is 0.715. The third kappa shape index (κ3) is 2.61. The number of aryl methyl sites for hydroxylation is 1. The number of rotatable bonds is 3. The topological polar surface area (TPSA) is 57.6 Å². The molecule has 6 heteroatoms. The molecule has 1 saturated heterocycles. The fourth-order valence-corrected chi connectivity index (χ4v) is 5.07. The molecule has 102 valence electrons. The van der Waals surface area contributed by atoms with Crippen LogP contribution >= 0.6 is 11.3 Å². The Morgan fingerprint density at radius 3 is 2.61 bits per heavy atom. The molecule has 0 amide bonds. The molecule has 1 aromatic heterocycles. The number of hydrogen-bond acceptors (Lipinski definition) is 4. The van der Waals surface area contributed by atoms with Gasteiger partial charge in [0.2, 0.25) is 0 Å². The van der Waals surface area contributed by atoms with E-state index in [1.807, 2.05) is 12.3 Å². The fraction of sp³-hybridized carbons (Fsp3) is 0.667. The second-order valence-corrected chi connectivity index (χ2v) is 8.52. The molecular weight excluding hydrogens is 270 g/mol. The van der Waals surface area contributed by atoms with Gasteiger partial charge in [0.05, 0.1) is 5.60 Å². The van der Waals surface area contributed by atoms with E-state index < -0.39 is 15.6 Å². The molecule has 1 N–H and O–H groups in total. The van der Waals surface area contributed by atoms with E-state index in [4.69, 9.17) is 0 Å². The maximum atomic E-state index is 12.4. The molecule has 1 aliphatic rings. The van der Waals surface area contributed by atoms with E-state index >= 15 is 0 Å². The largest absolute Gasteiger partial charge is 0.390 e. The Hall–Kier alpha value is -0.430. The van der Waals surface area contributed by atoms with E-state index in [2.05, 4.69) is 0 Å². The lowest BCUT2D eigenvalue weighted by molar-refractivity contribution is 0.0236. The molecule has 0 saturated carbocycles. The van der Waals surface area contributed by atoms with Crippen molar-refractivity contribution < 1.29 is 13.5 Å². The average Bonchev–Trinajstić information content (AvgIpc) is 2.83. The minimum Gasteiger partial charge on any atom is -0.390 e. The van der Waals surface area contributed by atoms with Crippen LogP contribution in [0.15, 0.2) is 15.7 Å². The SMILES string of the molecule is Cc1csc(S(=O)(=O)N2CCC(C(C)(C)O)C2)c1. The van der Waals surface area contributed by atoms with E-state index in [0.717, 1.165) is 5.56 Å². The number of nitrogens with zero attached hydrogens (tertiary/aromatic N) is 1. The van der Waals surface area contributed by atoms with Gasteiger partial charge in [-0.05, 0) is 44.2 Å². The predicted molar refractivity (Wildman–Crippen MR) is 72.2 cm³/mol. The van der Waals surface area contributed by atoms with Crippen LogP contribution in [-0.4, -0.2) is 36.5 Å². The van der Waals surface area contributed by atoms with Crippen LogP contribution in [0.1, 0.15) is 25.8 Å². The molecule has 2 heterocycles. The van der Waals surface area contributed by atoms with Gasteiger partial charge in [-0.2, -0.15) is 4.31 Å². The number of sulfonamides is 1. The quantitative estimate of drug-likeness (QED) is 0.923. The van der Waals surface area contributed by atoms with Crippen LogP contribution in [0.5, 0.6) is 0 Å². The third-order valence-electron chi connectivity index (χ3n) is 3.45. The van der Waals surface area contributed by atoms with Crippen molar-refractivity contribution in [1.82, 2.24) is 4.31 Å². The summed E-state index contributed by atoms with van der Waals surface area (Å²) in [4.78, 5) is 0. The molecule has 0 radical (unpaired) electrons. The summed E-state index contributed by atoms with van der Waals surface area (Å²) in [5.41, 5.74) is 0.145. The van der Waals surface area contributed by atoms with Crippen LogP contribution in [0, 0.1) is 12.8 Å². The smallest absolute Gasteiger partial charge is 0.252 e. The zero-order chi connectivity index (χ0) is 13.6. The Morgan fingerprint density at radius 2 is 2.17 bits per heavy atom. The fourth-order valence-electron chi connectivity index (χ4n) is 2.19. The minimum atomic E-state index is -3.37. The minimum absolute atomic E-state index is 0.00772. The van der Waals surface area contributed by atoms with E-state index in [0.29, 0.717) is 23.7 Å². The highest BCUT2D eigenvalue weighted by molar-refractivity contribution is 7.91. The molecular formula is C12H19NO3S2. The molecule has 0 aromatic carbocycles. The Balaban J connectivity index is 2.19. The van der Waals surface area contributed by atoms with Gasteiger partial charge in [-0.1, -0.05) is 0 Å². The maximum absolute atomic E-state index is 12.4. The first kappa shape index (κ1) is 14.0. The normalized spacial score (nSPS) is 22.6. The average molecular weight is 289 g/mol. The van der Waals surface area contributed by atoms with Crippen LogP contribution in [0.3, 0.4) is 0 Å². The number of hydrogen-bond donors (Lipinski definition) is 1. The van der Waals surface area contributed by atoms with Crippen molar-refractivity contribution >= 4 is 21.4 Å². The molecule has 1 aliphatic heterocycles. The molecule has 1 aromatic rings. The standard InChI is InChI=1S/C12H19NO3S2/c1-9-6-11(17-8-9)18(15,16)13-5-4-10(7-13)12(2,3)14/h6,8,10,14H,4-5,7H2,1-3H3. The first-order valence-electron chi connectivity index (χ1n) is 5.99. The van der Waals surface area contributed by atoms with E-state index in [1.165, 1.54) is 15.6 Å². The van der Waals surface area contributed by atoms with Crippen molar-refractivity contribution in [2.45, 2.75) is 37.0 Å². The van der Waals surface area contributed by atoms with Crippen LogP contribution in [0.25, 0.3) is 0 Å². The van der Waals surface area contributed by atoms with Gasteiger partial charge in [-0.15, -0.1) is 11.3 Å². The first-order valence-corrected chi connectivity index (χ1v) is 8.31. The zero-order valence-corrected chi connectivity index (χ0v) is 12.5. The lowest BCUT2D eigenvalue weighted by atomic mass is 9.91. The third-order valence-corrected chi connectivity index (χ3v) is 6.85. The monoisotopic (exact) mass is 289 g/mol. The van der Waals surface area contributed by atoms with E-state index in [-0.39, 0.29) is 5.92 Å². The first-order chi connectivity index (χ1) is 8.21. The lowest BCUT2D eigenvalue weighted by Gasteiger charge is -2.25. The van der Waals surface area contributed by atoms with Crippen molar-refractivity contribution in [3.05, 3.63) is 17.0 Å². The van der Waals surface area contributed by atoms with Gasteiger partial charge >= 0.3 is 0 Å². The van der Waals surface area contributed by atoms with Gasteiger partial charge in [0, 0.05) is 19.0 Å². The Bertz CT molecular complexity index is 528. The molecule has 18 heavy (non-hydrogen) atoms. The van der Waals surface area contributed by atoms with Gasteiger partial charge in [-0.25, -0.2) is 8.42 Å². The highest BCUT2D eigenvalue weighted by Gasteiger charge is 2.39. The van der Waals surface area contributed by atoms with E-state index in [9.17, 15) is 13.5 Å². The number of aliphatic hydroxyl groups is 1. The van der Waals surface area contributed by atoms with Gasteiger partial charge in [-0.3, -0.25) is 0 Å². The summed E-state index contributed by atoms with van der Waals surface area (Å²) >= 11 is 1.26. The Kier molecular flexibility index (Phi) is 3.57. The summed E-state index contributed by atoms with van der Waals surface area (Å²) in [6.45, 7) is 6.27. The molecule has 0 spiro atoms. The molecule has 0 aliphatic carbocycles. The van der Waals surface area contributed by atoms with Crippen LogP contribution in [0.2, 0.25) is 0 Å². The molecule has 0 bridgehead atoms. The maximum Gasteiger partial charge on any atom is 0.252 e. The highest BCUT2D eigenvalue weighted by Crippen LogP contribution is 2.32. The van der Waals surface area contributed by atoms with Crippen molar-refractivity contribution in [3.63, 3.8) is 0 Å². The Labute approximate surface area is 112 Å². The molecule has 4 nitrogen and oxygen atoms in total. The van der Waals surface area contributed by atoms with Gasteiger partial charge < -0.3 is 5.11 Å². The van der Waals surface area contributed by atoms with Crippen molar-refractivity contribution in [2.24, 2.45) is 5.92 Å². The van der Waals surface area contributed by atoms with Crippen LogP contribution < -0.4 is 0 Å². The lowest BCUT2D eigenvalue weighted by Crippen LogP contribution is -2.35. The summed E-state index contributed by atoms with van der Waals surface area (Å²) < 4.78 is 26.6. The molecule has 1 fully saturated rings.